The van der Waals surface area contributed by atoms with E-state index in [-0.39, 0.29) is 19.3 Å². The maximum absolute atomic E-state index is 13.8. The molecule has 2 aromatic rings. The van der Waals surface area contributed by atoms with Crippen LogP contribution in [0.3, 0.4) is 0 Å². The molecule has 3 rings (SSSR count). The summed E-state index contributed by atoms with van der Waals surface area (Å²) in [6.07, 6.45) is 15.5. The Bertz CT molecular complexity index is 1740. The summed E-state index contributed by atoms with van der Waals surface area (Å²) in [4.78, 5) is 40.2. The summed E-state index contributed by atoms with van der Waals surface area (Å²) in [6, 6.07) is 15.5. The number of esters is 2. The molecule has 0 saturated carbocycles. The molecule has 1 aliphatic rings. The molecule has 1 amide bonds. The molecule has 1 unspecified atom stereocenters. The van der Waals surface area contributed by atoms with Crippen LogP contribution in [0, 0.1) is 0 Å². The molecule has 13 nitrogen and oxygen atoms in total. The third kappa shape index (κ3) is 24.1. The average molecular weight is 946 g/mol. The number of hydrogen-bond acceptors (Lipinski definition) is 11. The van der Waals surface area contributed by atoms with Gasteiger partial charge in [-0.3, -0.25) is 18.9 Å². The first-order chi connectivity index (χ1) is 31.8. The molecule has 66 heavy (non-hydrogen) atoms. The zero-order chi connectivity index (χ0) is 48.0. The summed E-state index contributed by atoms with van der Waals surface area (Å²) < 4.78 is 55.5. The summed E-state index contributed by atoms with van der Waals surface area (Å²) in [7, 11) is -5.19. The molecule has 0 bridgehead atoms. The summed E-state index contributed by atoms with van der Waals surface area (Å²) in [6.45, 7) is 5.69. The van der Waals surface area contributed by atoms with Gasteiger partial charge in [-0.2, -0.15) is 8.42 Å². The number of aryl methyl sites for hydroxylation is 4. The Hall–Kier alpha value is -3.40. The molecule has 1 aliphatic heterocycles. The zero-order valence-electron chi connectivity index (χ0n) is 40.3. The number of aliphatic hydroxyl groups excluding tert-OH is 2. The first-order valence-corrected chi connectivity index (χ1v) is 26.7. The molecule has 0 radical (unpaired) electrons. The fraction of sp³-hybridized carbons (Fsp3) is 0.712. The molecule has 14 heteroatoms. The van der Waals surface area contributed by atoms with Crippen LogP contribution in [0.4, 0.5) is 0 Å². The van der Waals surface area contributed by atoms with E-state index in [1.165, 1.54) is 68.1 Å². The van der Waals surface area contributed by atoms with Crippen LogP contribution in [0.5, 0.6) is 0 Å². The normalized spacial score (nSPS) is 19.0. The van der Waals surface area contributed by atoms with Gasteiger partial charge in [-0.05, 0) is 99.3 Å². The smallest absolute Gasteiger partial charge is 0.397 e. The van der Waals surface area contributed by atoms with Gasteiger partial charge in [0.1, 0.15) is 24.4 Å². The molecule has 1 saturated heterocycles. The van der Waals surface area contributed by atoms with Crippen LogP contribution in [-0.4, -0.2) is 84.4 Å². The molecule has 0 spiro atoms. The fourth-order valence-corrected chi connectivity index (χ4v) is 9.02. The molecular formula is C52H83NO12S. The minimum absolute atomic E-state index is 0.0756. The maximum Gasteiger partial charge on any atom is 0.397 e. The highest BCUT2D eigenvalue weighted by Gasteiger charge is 2.50. The molecular weight excluding hydrogens is 863 g/mol. The molecule has 1 heterocycles. The average Bonchev–Trinajstić information content (AvgIpc) is 3.28. The van der Waals surface area contributed by atoms with E-state index in [2.05, 4.69) is 74.6 Å². The van der Waals surface area contributed by atoms with E-state index in [1.807, 2.05) is 0 Å². The third-order valence-corrected chi connectivity index (χ3v) is 12.9. The van der Waals surface area contributed by atoms with Gasteiger partial charge < -0.3 is 29.7 Å². The van der Waals surface area contributed by atoms with Crippen molar-refractivity contribution in [3.8, 4) is 0 Å². The SMILES string of the molecule is CCCCCCCCCCC[C@@H](CC(=O)N[C@H]1C(O)O[C@H](CO)[C@@H](OS(=O)(=O)O)[C@@H]1OC(=O)CCCCc1ccc(CCCCC)cc1)OC(=O)CCCCc1ccc(CCCCC)cc1. The van der Waals surface area contributed by atoms with Crippen molar-refractivity contribution < 1.29 is 56.0 Å². The van der Waals surface area contributed by atoms with Gasteiger partial charge in [0.25, 0.3) is 0 Å². The molecule has 374 valence electrons. The number of carbonyl (C=O) groups excluding carboxylic acids is 3. The largest absolute Gasteiger partial charge is 0.462 e. The van der Waals surface area contributed by atoms with Crippen LogP contribution in [0.2, 0.25) is 0 Å². The van der Waals surface area contributed by atoms with Gasteiger partial charge in [0.05, 0.1) is 13.0 Å². The second-order valence-corrected chi connectivity index (χ2v) is 19.2. The minimum atomic E-state index is -5.19. The quantitative estimate of drug-likeness (QED) is 0.0287. The van der Waals surface area contributed by atoms with E-state index < -0.39 is 71.6 Å². The van der Waals surface area contributed by atoms with Gasteiger partial charge in [-0.15, -0.1) is 0 Å². The van der Waals surface area contributed by atoms with Crippen molar-refractivity contribution in [3.05, 3.63) is 70.8 Å². The minimum Gasteiger partial charge on any atom is -0.462 e. The standard InChI is InChI=1S/C52H83NO12S/c1-4-7-10-11-12-13-14-15-18-27-44(62-47(56)28-21-19-25-42-34-30-40(31-35-42)23-16-8-5-2)38-46(55)53-49-51(50(65-66(59,60)61)45(39-54)63-52(49)58)64-48(57)29-22-20-26-43-36-32-41(33-37-43)24-17-9-6-3/h30-37,44-45,49-52,54,58H,4-29,38-39H2,1-3H3,(H,53,55)(H,59,60,61)/t44-,45+,49+,50+,51+,52?/m0/s1. The monoisotopic (exact) mass is 946 g/mol. The van der Waals surface area contributed by atoms with E-state index in [0.717, 1.165) is 82.6 Å². The Morgan fingerprint density at radius 3 is 1.50 bits per heavy atom. The molecule has 4 N–H and O–H groups in total. The van der Waals surface area contributed by atoms with Gasteiger partial charge >= 0.3 is 22.3 Å². The summed E-state index contributed by atoms with van der Waals surface area (Å²) in [5.41, 5.74) is 4.95. The molecule has 0 aliphatic carbocycles. The number of rotatable bonds is 36. The van der Waals surface area contributed by atoms with E-state index in [9.17, 15) is 37.6 Å². The number of benzene rings is 2. The lowest BCUT2D eigenvalue weighted by Crippen LogP contribution is -2.66. The molecule has 0 aromatic heterocycles. The highest BCUT2D eigenvalue weighted by molar-refractivity contribution is 7.80. The van der Waals surface area contributed by atoms with Gasteiger partial charge in [0.15, 0.2) is 12.4 Å². The highest BCUT2D eigenvalue weighted by atomic mass is 32.3. The first kappa shape index (κ1) is 56.9. The number of hydrogen-bond donors (Lipinski definition) is 4. The summed E-state index contributed by atoms with van der Waals surface area (Å²) in [5.74, 6) is -1.87. The lowest BCUT2D eigenvalue weighted by molar-refractivity contribution is -0.254. The zero-order valence-corrected chi connectivity index (χ0v) is 41.1. The Labute approximate surface area is 396 Å². The van der Waals surface area contributed by atoms with E-state index in [1.54, 1.807) is 0 Å². The Balaban J connectivity index is 1.63. The number of amides is 1. The van der Waals surface area contributed by atoms with Crippen LogP contribution in [0.25, 0.3) is 0 Å². The van der Waals surface area contributed by atoms with Crippen LogP contribution >= 0.6 is 0 Å². The van der Waals surface area contributed by atoms with Crippen LogP contribution in [0.15, 0.2) is 48.5 Å². The predicted molar refractivity (Wildman–Crippen MR) is 257 cm³/mol. The van der Waals surface area contributed by atoms with Crippen molar-refractivity contribution in [3.63, 3.8) is 0 Å². The summed E-state index contributed by atoms with van der Waals surface area (Å²) in [5, 5.41) is 23.7. The van der Waals surface area contributed by atoms with E-state index in [4.69, 9.17) is 18.4 Å². The number of nitrogens with one attached hydrogen (secondary N) is 1. The van der Waals surface area contributed by atoms with Crippen LogP contribution < -0.4 is 5.32 Å². The van der Waals surface area contributed by atoms with Crippen molar-refractivity contribution in [2.45, 2.75) is 231 Å². The van der Waals surface area contributed by atoms with E-state index in [0.29, 0.717) is 25.7 Å². The number of carbonyl (C=O) groups is 3. The van der Waals surface area contributed by atoms with Gasteiger partial charge in [0.2, 0.25) is 5.91 Å². The summed E-state index contributed by atoms with van der Waals surface area (Å²) >= 11 is 0. The highest BCUT2D eigenvalue weighted by Crippen LogP contribution is 2.28. The van der Waals surface area contributed by atoms with Crippen molar-refractivity contribution >= 4 is 28.2 Å². The number of ether oxygens (including phenoxy) is 3. The Kier molecular flexibility index (Phi) is 28.6. The number of aliphatic hydroxyl groups is 2. The van der Waals surface area contributed by atoms with Crippen LogP contribution in [-0.2, 0) is 68.9 Å². The second kappa shape index (κ2) is 33.2. The predicted octanol–water partition coefficient (Wildman–Crippen LogP) is 9.79. The lowest BCUT2D eigenvalue weighted by atomic mass is 9.96. The first-order valence-electron chi connectivity index (χ1n) is 25.3. The van der Waals surface area contributed by atoms with Gasteiger partial charge in [-0.1, -0.05) is 146 Å². The molecule has 1 fully saturated rings. The Morgan fingerprint density at radius 1 is 0.621 bits per heavy atom. The van der Waals surface area contributed by atoms with Gasteiger partial charge in [0, 0.05) is 12.8 Å². The third-order valence-electron chi connectivity index (χ3n) is 12.4. The van der Waals surface area contributed by atoms with E-state index >= 15 is 0 Å². The van der Waals surface area contributed by atoms with Crippen molar-refractivity contribution in [2.24, 2.45) is 0 Å². The number of unbranched alkanes of at least 4 members (excludes halogenated alkanes) is 14. The van der Waals surface area contributed by atoms with Crippen molar-refractivity contribution in [1.29, 1.82) is 0 Å². The van der Waals surface area contributed by atoms with Gasteiger partial charge in [-0.25, -0.2) is 4.18 Å². The van der Waals surface area contributed by atoms with Crippen LogP contribution in [0.1, 0.15) is 191 Å². The molecule has 6 atom stereocenters. The molecule has 2 aromatic carbocycles. The maximum atomic E-state index is 13.8. The fourth-order valence-electron chi connectivity index (χ4n) is 8.51. The second-order valence-electron chi connectivity index (χ2n) is 18.2. The lowest BCUT2D eigenvalue weighted by Gasteiger charge is -2.43. The van der Waals surface area contributed by atoms with Crippen molar-refractivity contribution in [1.82, 2.24) is 5.32 Å². The Morgan fingerprint density at radius 2 is 1.05 bits per heavy atom. The van der Waals surface area contributed by atoms with Crippen molar-refractivity contribution in [2.75, 3.05) is 6.61 Å². The topological polar surface area (TPSA) is 195 Å².